The SMILES string of the molecule is Cc1cc(C)cc(CS(=O)C2CC(C)(C)CCC2N)c1. The van der Waals surface area contributed by atoms with E-state index in [2.05, 4.69) is 45.9 Å². The van der Waals surface area contributed by atoms with Gasteiger partial charge in [0.2, 0.25) is 0 Å². The molecule has 0 heterocycles. The normalized spacial score (nSPS) is 27.2. The molecule has 1 aliphatic carbocycles. The number of aryl methyl sites for hydroxylation is 2. The van der Waals surface area contributed by atoms with E-state index < -0.39 is 10.8 Å². The van der Waals surface area contributed by atoms with Crippen molar-refractivity contribution in [2.45, 2.75) is 64.0 Å². The number of rotatable bonds is 3. The summed E-state index contributed by atoms with van der Waals surface area (Å²) in [5.74, 6) is 0.636. The van der Waals surface area contributed by atoms with Crippen molar-refractivity contribution >= 4 is 10.8 Å². The Kier molecular flexibility index (Phi) is 4.70. The third-order valence-electron chi connectivity index (χ3n) is 4.31. The Morgan fingerprint density at radius 3 is 2.45 bits per heavy atom. The van der Waals surface area contributed by atoms with E-state index in [4.69, 9.17) is 5.73 Å². The van der Waals surface area contributed by atoms with Gasteiger partial charge in [0.25, 0.3) is 0 Å². The number of nitrogens with two attached hydrogens (primary N) is 1. The van der Waals surface area contributed by atoms with E-state index in [1.807, 2.05) is 0 Å². The summed E-state index contributed by atoms with van der Waals surface area (Å²) in [4.78, 5) is 0. The Hall–Kier alpha value is -0.670. The molecule has 1 aromatic rings. The van der Waals surface area contributed by atoms with Crippen LogP contribution in [0.15, 0.2) is 18.2 Å². The van der Waals surface area contributed by atoms with Gasteiger partial charge in [0.1, 0.15) is 0 Å². The lowest BCUT2D eigenvalue weighted by Crippen LogP contribution is -2.45. The molecule has 0 amide bonds. The van der Waals surface area contributed by atoms with Gasteiger partial charge in [-0.05, 0) is 44.1 Å². The van der Waals surface area contributed by atoms with Crippen LogP contribution in [0.5, 0.6) is 0 Å². The van der Waals surface area contributed by atoms with Crippen molar-refractivity contribution in [3.63, 3.8) is 0 Å². The van der Waals surface area contributed by atoms with Crippen molar-refractivity contribution in [2.24, 2.45) is 11.1 Å². The van der Waals surface area contributed by atoms with E-state index in [1.165, 1.54) is 16.7 Å². The number of hydrogen-bond donors (Lipinski definition) is 1. The fourth-order valence-corrected chi connectivity index (χ4v) is 5.13. The maximum atomic E-state index is 12.7. The quantitative estimate of drug-likeness (QED) is 0.927. The van der Waals surface area contributed by atoms with Crippen molar-refractivity contribution in [3.8, 4) is 0 Å². The molecule has 0 radical (unpaired) electrons. The molecule has 1 saturated carbocycles. The van der Waals surface area contributed by atoms with E-state index in [0.717, 1.165) is 19.3 Å². The van der Waals surface area contributed by atoms with Crippen LogP contribution in [0.1, 0.15) is 49.8 Å². The molecule has 2 N–H and O–H groups in total. The summed E-state index contributed by atoms with van der Waals surface area (Å²) in [7, 11) is -0.876. The molecule has 3 atom stereocenters. The van der Waals surface area contributed by atoms with Gasteiger partial charge in [0.15, 0.2) is 0 Å². The Balaban J connectivity index is 2.10. The lowest BCUT2D eigenvalue weighted by molar-refractivity contribution is 0.230. The molecule has 20 heavy (non-hydrogen) atoms. The Morgan fingerprint density at radius 1 is 1.25 bits per heavy atom. The zero-order valence-corrected chi connectivity index (χ0v) is 13.9. The molecule has 3 heteroatoms. The van der Waals surface area contributed by atoms with Crippen molar-refractivity contribution < 1.29 is 4.21 Å². The minimum atomic E-state index is -0.876. The summed E-state index contributed by atoms with van der Waals surface area (Å²) in [6, 6.07) is 6.53. The zero-order chi connectivity index (χ0) is 14.9. The molecule has 3 unspecified atom stereocenters. The largest absolute Gasteiger partial charge is 0.327 e. The molecule has 0 spiro atoms. The lowest BCUT2D eigenvalue weighted by atomic mass is 9.75. The molecule has 112 valence electrons. The molecular formula is C17H27NOS. The number of benzene rings is 1. The number of hydrogen-bond acceptors (Lipinski definition) is 2. The second-order valence-electron chi connectivity index (χ2n) is 7.13. The third-order valence-corrected chi connectivity index (χ3v) is 6.12. The van der Waals surface area contributed by atoms with E-state index in [1.54, 1.807) is 0 Å². The van der Waals surface area contributed by atoms with Gasteiger partial charge in [0.05, 0.1) is 5.25 Å². The van der Waals surface area contributed by atoms with Gasteiger partial charge in [0, 0.05) is 22.6 Å². The highest BCUT2D eigenvalue weighted by atomic mass is 32.2. The van der Waals surface area contributed by atoms with Crippen molar-refractivity contribution in [3.05, 3.63) is 34.9 Å². The summed E-state index contributed by atoms with van der Waals surface area (Å²) in [5.41, 5.74) is 10.2. The maximum Gasteiger partial charge on any atom is 0.0507 e. The molecule has 2 nitrogen and oxygen atoms in total. The van der Waals surface area contributed by atoms with Crippen LogP contribution < -0.4 is 5.73 Å². The van der Waals surface area contributed by atoms with Crippen LogP contribution in [0.4, 0.5) is 0 Å². The first-order chi connectivity index (χ1) is 9.27. The molecule has 1 aromatic carbocycles. The molecule has 1 fully saturated rings. The first-order valence-electron chi connectivity index (χ1n) is 7.47. The first-order valence-corrected chi connectivity index (χ1v) is 8.85. The van der Waals surface area contributed by atoms with E-state index >= 15 is 0 Å². The van der Waals surface area contributed by atoms with Crippen LogP contribution in [0.2, 0.25) is 0 Å². The fraction of sp³-hybridized carbons (Fsp3) is 0.647. The summed E-state index contributed by atoms with van der Waals surface area (Å²) in [5, 5.41) is 0.138. The molecular weight excluding hydrogens is 266 g/mol. The average Bonchev–Trinajstić information content (AvgIpc) is 2.31. The predicted molar refractivity (Wildman–Crippen MR) is 87.2 cm³/mol. The highest BCUT2D eigenvalue weighted by molar-refractivity contribution is 7.84. The Bertz CT molecular complexity index is 489. The highest BCUT2D eigenvalue weighted by Crippen LogP contribution is 2.37. The lowest BCUT2D eigenvalue weighted by Gasteiger charge is -2.38. The van der Waals surface area contributed by atoms with Crippen molar-refractivity contribution in [1.29, 1.82) is 0 Å². The highest BCUT2D eigenvalue weighted by Gasteiger charge is 2.36. The second-order valence-corrected chi connectivity index (χ2v) is 8.79. The van der Waals surface area contributed by atoms with Gasteiger partial charge < -0.3 is 5.73 Å². The summed E-state index contributed by atoms with van der Waals surface area (Å²) >= 11 is 0. The molecule has 1 aliphatic rings. The van der Waals surface area contributed by atoms with Crippen LogP contribution >= 0.6 is 0 Å². The Labute approximate surface area is 125 Å². The molecule has 0 aliphatic heterocycles. The second kappa shape index (κ2) is 5.98. The van der Waals surface area contributed by atoms with Crippen LogP contribution in [0, 0.1) is 19.3 Å². The average molecular weight is 293 g/mol. The van der Waals surface area contributed by atoms with Gasteiger partial charge in [-0.25, -0.2) is 0 Å². The topological polar surface area (TPSA) is 43.1 Å². The zero-order valence-electron chi connectivity index (χ0n) is 13.1. The minimum Gasteiger partial charge on any atom is -0.327 e. The van der Waals surface area contributed by atoms with Crippen LogP contribution in [0.25, 0.3) is 0 Å². The van der Waals surface area contributed by atoms with Crippen LogP contribution in [0.3, 0.4) is 0 Å². The van der Waals surface area contributed by atoms with Gasteiger partial charge in [-0.1, -0.05) is 43.2 Å². The minimum absolute atomic E-state index is 0.0924. The summed E-state index contributed by atoms with van der Waals surface area (Å²) < 4.78 is 12.7. The van der Waals surface area contributed by atoms with Gasteiger partial charge in [-0.2, -0.15) is 0 Å². The predicted octanol–water partition coefficient (Wildman–Crippen LogP) is 3.46. The molecule has 0 bridgehead atoms. The monoisotopic (exact) mass is 293 g/mol. The maximum absolute atomic E-state index is 12.7. The van der Waals surface area contributed by atoms with E-state index in [9.17, 15) is 4.21 Å². The van der Waals surface area contributed by atoms with Crippen molar-refractivity contribution in [1.82, 2.24) is 0 Å². The summed E-state index contributed by atoms with van der Waals surface area (Å²) in [6.07, 6.45) is 3.12. The van der Waals surface area contributed by atoms with Gasteiger partial charge in [-0.3, -0.25) is 4.21 Å². The van der Waals surface area contributed by atoms with Gasteiger partial charge >= 0.3 is 0 Å². The summed E-state index contributed by atoms with van der Waals surface area (Å²) in [6.45, 7) is 8.71. The molecule has 2 rings (SSSR count). The standard InChI is InChI=1S/C17H27NOS/c1-12-7-13(2)9-14(8-12)11-20(19)16-10-17(3,4)6-5-15(16)18/h7-9,15-16H,5-6,10-11,18H2,1-4H3. The fourth-order valence-electron chi connectivity index (χ4n) is 3.25. The van der Waals surface area contributed by atoms with Gasteiger partial charge in [-0.15, -0.1) is 0 Å². The van der Waals surface area contributed by atoms with E-state index in [0.29, 0.717) is 5.75 Å². The van der Waals surface area contributed by atoms with E-state index in [-0.39, 0.29) is 16.7 Å². The smallest absolute Gasteiger partial charge is 0.0507 e. The van der Waals surface area contributed by atoms with Crippen LogP contribution in [-0.4, -0.2) is 15.5 Å². The van der Waals surface area contributed by atoms with Crippen LogP contribution in [-0.2, 0) is 16.6 Å². The Morgan fingerprint density at radius 2 is 1.85 bits per heavy atom. The third kappa shape index (κ3) is 3.92. The molecule has 0 saturated heterocycles. The first kappa shape index (κ1) is 15.7. The van der Waals surface area contributed by atoms with Crippen molar-refractivity contribution in [2.75, 3.05) is 0 Å². The molecule has 0 aromatic heterocycles.